The lowest BCUT2D eigenvalue weighted by Gasteiger charge is -2.36. The smallest absolute Gasteiger partial charge is 0.231 e. The van der Waals surface area contributed by atoms with Crippen molar-refractivity contribution >= 4 is 28.8 Å². The van der Waals surface area contributed by atoms with E-state index in [4.69, 9.17) is 9.47 Å². The van der Waals surface area contributed by atoms with Crippen LogP contribution in [0.1, 0.15) is 51.5 Å². The molecule has 1 amide bonds. The average Bonchev–Trinajstić information content (AvgIpc) is 3.63. The molecule has 4 heterocycles. The monoisotopic (exact) mass is 488 g/mol. The summed E-state index contributed by atoms with van der Waals surface area (Å²) in [6.45, 7) is 7.42. The summed E-state index contributed by atoms with van der Waals surface area (Å²) in [6, 6.07) is 11.0. The van der Waals surface area contributed by atoms with Crippen LogP contribution in [0.2, 0.25) is 0 Å². The molecule has 2 unspecified atom stereocenters. The molecule has 5 aliphatic rings. The van der Waals surface area contributed by atoms with Crippen molar-refractivity contribution in [1.82, 2.24) is 4.98 Å². The van der Waals surface area contributed by atoms with Gasteiger partial charge in [0.05, 0.1) is 42.8 Å². The quantitative estimate of drug-likeness (QED) is 0.662. The number of carbonyl (C=O) groups is 1. The largest absolute Gasteiger partial charge is 0.378 e. The molecular formula is C29H36N4O3. The summed E-state index contributed by atoms with van der Waals surface area (Å²) in [4.78, 5) is 23.6. The fraction of sp³-hybridized carbons (Fsp3) is 0.586. The van der Waals surface area contributed by atoms with Crippen molar-refractivity contribution in [2.75, 3.05) is 34.9 Å². The van der Waals surface area contributed by atoms with Gasteiger partial charge in [-0.2, -0.15) is 0 Å². The van der Waals surface area contributed by atoms with E-state index in [2.05, 4.69) is 58.2 Å². The molecule has 0 spiro atoms. The predicted octanol–water partition coefficient (Wildman–Crippen LogP) is 4.88. The van der Waals surface area contributed by atoms with Crippen molar-refractivity contribution in [3.8, 4) is 0 Å². The maximum atomic E-state index is 14.5. The maximum Gasteiger partial charge on any atom is 0.231 e. The highest BCUT2D eigenvalue weighted by atomic mass is 16.5. The Morgan fingerprint density at radius 1 is 1.28 bits per heavy atom. The molecule has 1 aromatic carbocycles. The summed E-state index contributed by atoms with van der Waals surface area (Å²) in [7, 11) is 0. The first-order valence-corrected chi connectivity index (χ1v) is 13.7. The minimum atomic E-state index is -0.00234. The lowest BCUT2D eigenvalue weighted by Crippen LogP contribution is -2.42. The first kappa shape index (κ1) is 22.5. The number of anilines is 4. The van der Waals surface area contributed by atoms with Gasteiger partial charge in [-0.3, -0.25) is 4.79 Å². The summed E-state index contributed by atoms with van der Waals surface area (Å²) in [5.74, 6) is 1.57. The van der Waals surface area contributed by atoms with Gasteiger partial charge >= 0.3 is 0 Å². The van der Waals surface area contributed by atoms with Gasteiger partial charge in [0.25, 0.3) is 0 Å². The summed E-state index contributed by atoms with van der Waals surface area (Å²) in [6.07, 6.45) is 7.67. The lowest BCUT2D eigenvalue weighted by atomic mass is 9.74. The molecule has 190 valence electrons. The Bertz CT molecular complexity index is 1190. The van der Waals surface area contributed by atoms with Crippen LogP contribution in [0.4, 0.5) is 22.9 Å². The van der Waals surface area contributed by atoms with E-state index in [0.717, 1.165) is 74.6 Å². The van der Waals surface area contributed by atoms with E-state index in [9.17, 15) is 4.79 Å². The zero-order chi connectivity index (χ0) is 24.4. The second-order valence-electron chi connectivity index (χ2n) is 11.5. The molecule has 2 saturated heterocycles. The zero-order valence-corrected chi connectivity index (χ0v) is 21.3. The van der Waals surface area contributed by atoms with Crippen LogP contribution in [0.25, 0.3) is 0 Å². The van der Waals surface area contributed by atoms with Crippen LogP contribution in [0.5, 0.6) is 0 Å². The van der Waals surface area contributed by atoms with E-state index in [1.165, 1.54) is 5.69 Å². The van der Waals surface area contributed by atoms with Crippen molar-refractivity contribution < 1.29 is 14.3 Å². The van der Waals surface area contributed by atoms with Gasteiger partial charge in [-0.15, -0.1) is 0 Å². The molecule has 2 bridgehead atoms. The highest BCUT2D eigenvalue weighted by Gasteiger charge is 2.57. The van der Waals surface area contributed by atoms with Crippen LogP contribution in [-0.2, 0) is 20.8 Å². The highest BCUT2D eigenvalue weighted by Crippen LogP contribution is 2.59. The number of ether oxygens (including phenoxy) is 2. The second kappa shape index (κ2) is 8.45. The Morgan fingerprint density at radius 3 is 3.00 bits per heavy atom. The fourth-order valence-electron chi connectivity index (χ4n) is 7.90. The van der Waals surface area contributed by atoms with Crippen LogP contribution in [0, 0.1) is 17.3 Å². The minimum absolute atomic E-state index is 0.00234. The Labute approximate surface area is 213 Å². The third-order valence-corrected chi connectivity index (χ3v) is 9.75. The van der Waals surface area contributed by atoms with Crippen LogP contribution in [-0.4, -0.2) is 48.9 Å². The van der Waals surface area contributed by atoms with Crippen LogP contribution >= 0.6 is 0 Å². The number of rotatable bonds is 4. The normalized spacial score (nSPS) is 34.2. The molecular weight excluding hydrogens is 452 g/mol. The van der Waals surface area contributed by atoms with E-state index >= 15 is 0 Å². The summed E-state index contributed by atoms with van der Waals surface area (Å²) >= 11 is 0. The van der Waals surface area contributed by atoms with Crippen molar-refractivity contribution in [1.29, 1.82) is 0 Å². The van der Waals surface area contributed by atoms with Crippen molar-refractivity contribution in [3.63, 3.8) is 0 Å². The molecule has 7 heteroatoms. The molecule has 7 rings (SSSR count). The van der Waals surface area contributed by atoms with E-state index < -0.39 is 0 Å². The number of benzene rings is 1. The van der Waals surface area contributed by atoms with Gasteiger partial charge in [0.2, 0.25) is 5.91 Å². The van der Waals surface area contributed by atoms with E-state index in [-0.39, 0.29) is 17.2 Å². The summed E-state index contributed by atoms with van der Waals surface area (Å²) in [5.41, 5.74) is 4.14. The van der Waals surface area contributed by atoms with Crippen LogP contribution in [0.15, 0.2) is 36.5 Å². The van der Waals surface area contributed by atoms with Crippen LogP contribution in [0.3, 0.4) is 0 Å². The molecule has 1 aromatic heterocycles. The Kier molecular flexibility index (Phi) is 5.29. The van der Waals surface area contributed by atoms with Crippen molar-refractivity contribution in [2.24, 2.45) is 17.3 Å². The summed E-state index contributed by atoms with van der Waals surface area (Å²) in [5, 5.41) is 3.54. The third kappa shape index (κ3) is 3.39. The zero-order valence-electron chi connectivity index (χ0n) is 21.3. The van der Waals surface area contributed by atoms with Gasteiger partial charge in [0.1, 0.15) is 5.82 Å². The molecule has 6 atom stereocenters. The topological polar surface area (TPSA) is 66.9 Å². The number of hydrogen-bond acceptors (Lipinski definition) is 6. The SMILES string of the molecule is CCO[C@@H]1CC[C@]2(C)C1CC[C@@H]2C(=O)N1Cc2cccnc2Nc2ccc(N3C[C@@H]4CC3CO4)cc21. The predicted molar refractivity (Wildman–Crippen MR) is 140 cm³/mol. The Hall–Kier alpha value is -2.64. The minimum Gasteiger partial charge on any atom is -0.378 e. The first-order valence-electron chi connectivity index (χ1n) is 13.7. The van der Waals surface area contributed by atoms with E-state index in [1.54, 1.807) is 0 Å². The first-order chi connectivity index (χ1) is 17.5. The number of pyridine rings is 1. The number of carbonyl (C=O) groups excluding carboxylic acids is 1. The Balaban J connectivity index is 1.26. The molecule has 2 saturated carbocycles. The second-order valence-corrected chi connectivity index (χ2v) is 11.5. The molecule has 4 fully saturated rings. The van der Waals surface area contributed by atoms with Gasteiger partial charge in [0.15, 0.2) is 0 Å². The number of aromatic nitrogens is 1. The van der Waals surface area contributed by atoms with Crippen LogP contribution < -0.4 is 15.1 Å². The van der Waals surface area contributed by atoms with Gasteiger partial charge in [-0.1, -0.05) is 13.0 Å². The van der Waals surface area contributed by atoms with Gasteiger partial charge < -0.3 is 24.6 Å². The van der Waals surface area contributed by atoms with Gasteiger partial charge in [-0.25, -0.2) is 4.98 Å². The molecule has 36 heavy (non-hydrogen) atoms. The van der Waals surface area contributed by atoms with Gasteiger partial charge in [0, 0.05) is 36.5 Å². The molecule has 3 aliphatic heterocycles. The van der Waals surface area contributed by atoms with Gasteiger partial charge in [-0.05, 0) is 74.6 Å². The molecule has 1 N–H and O–H groups in total. The van der Waals surface area contributed by atoms with Crippen molar-refractivity contribution in [2.45, 2.75) is 70.7 Å². The summed E-state index contributed by atoms with van der Waals surface area (Å²) < 4.78 is 12.0. The number of morpholine rings is 1. The van der Waals surface area contributed by atoms with Crippen molar-refractivity contribution in [3.05, 3.63) is 42.1 Å². The molecule has 0 radical (unpaired) electrons. The molecule has 7 nitrogen and oxygen atoms in total. The fourth-order valence-corrected chi connectivity index (χ4v) is 7.90. The Morgan fingerprint density at radius 2 is 2.19 bits per heavy atom. The number of amides is 1. The molecule has 2 aromatic rings. The lowest BCUT2D eigenvalue weighted by molar-refractivity contribution is -0.126. The third-order valence-electron chi connectivity index (χ3n) is 9.75. The number of fused-ring (bicyclic) bond motifs is 5. The highest BCUT2D eigenvalue weighted by molar-refractivity contribution is 6.01. The van der Waals surface area contributed by atoms with E-state index in [1.807, 2.05) is 12.3 Å². The number of nitrogens with zero attached hydrogens (tertiary/aromatic N) is 3. The molecule has 2 aliphatic carbocycles. The van der Waals surface area contributed by atoms with E-state index in [0.29, 0.717) is 30.7 Å². The average molecular weight is 489 g/mol. The maximum absolute atomic E-state index is 14.5. The number of nitrogens with one attached hydrogen (secondary N) is 1. The number of hydrogen-bond donors (Lipinski definition) is 1. The standard InChI is InChI=1S/C29H36N4O3/c1-3-35-26-10-11-29(2)22(26)7-8-23(29)28(34)33-15-18-5-4-12-30-27(18)31-24-9-6-19(14-25(24)33)32-16-21-13-20(32)17-36-21/h4-6,9,12,14,20-23,26H,3,7-8,10-11,13,15-17H2,1-2H3,(H,30,31)/t20?,21-,22?,23+,26+,29+/m0/s1.